The molecular formula is C14H18N4O2S. The van der Waals surface area contributed by atoms with Gasteiger partial charge in [-0.05, 0) is 30.3 Å². The van der Waals surface area contributed by atoms with Crippen molar-refractivity contribution in [3.8, 4) is 0 Å². The van der Waals surface area contributed by atoms with Gasteiger partial charge in [0.05, 0.1) is 28.5 Å². The first kappa shape index (κ1) is 15.3. The van der Waals surface area contributed by atoms with Gasteiger partial charge in [-0.2, -0.15) is 0 Å². The predicted octanol–water partition coefficient (Wildman–Crippen LogP) is 1.57. The second kappa shape index (κ2) is 6.55. The Bertz CT molecular complexity index is 702. The van der Waals surface area contributed by atoms with Crippen LogP contribution >= 0.6 is 0 Å². The first-order valence-corrected chi connectivity index (χ1v) is 8.04. The van der Waals surface area contributed by atoms with Gasteiger partial charge in [-0.1, -0.05) is 13.0 Å². The minimum Gasteiger partial charge on any atom is -0.397 e. The highest BCUT2D eigenvalue weighted by atomic mass is 32.2. The summed E-state index contributed by atoms with van der Waals surface area (Å²) in [6, 6.07) is 10.2. The van der Waals surface area contributed by atoms with E-state index in [4.69, 9.17) is 5.73 Å². The summed E-state index contributed by atoms with van der Waals surface area (Å²) in [7, 11) is -3.49. The molecule has 2 rings (SSSR count). The molecule has 6 nitrogen and oxygen atoms in total. The summed E-state index contributed by atoms with van der Waals surface area (Å²) in [6.07, 6.45) is 1.70. The molecule has 0 bridgehead atoms. The molecule has 7 heteroatoms. The van der Waals surface area contributed by atoms with Crippen molar-refractivity contribution >= 4 is 21.4 Å². The summed E-state index contributed by atoms with van der Waals surface area (Å²) in [6.45, 7) is 2.54. The van der Waals surface area contributed by atoms with Crippen LogP contribution in [0.3, 0.4) is 0 Å². The lowest BCUT2D eigenvalue weighted by Crippen LogP contribution is -2.23. The monoisotopic (exact) mass is 306 g/mol. The second-order valence-corrected chi connectivity index (χ2v) is 6.19. The van der Waals surface area contributed by atoms with Gasteiger partial charge in [0.2, 0.25) is 10.0 Å². The van der Waals surface area contributed by atoms with Gasteiger partial charge in [0.25, 0.3) is 0 Å². The van der Waals surface area contributed by atoms with Crippen LogP contribution in [0.4, 0.5) is 11.4 Å². The number of sulfonamides is 1. The molecule has 0 radical (unpaired) electrons. The zero-order chi connectivity index (χ0) is 15.3. The fourth-order valence-corrected chi connectivity index (χ4v) is 2.88. The van der Waals surface area contributed by atoms with E-state index >= 15 is 0 Å². The Morgan fingerprint density at radius 2 is 2.05 bits per heavy atom. The highest BCUT2D eigenvalue weighted by Crippen LogP contribution is 2.23. The lowest BCUT2D eigenvalue weighted by molar-refractivity contribution is 0.584. The van der Waals surface area contributed by atoms with Gasteiger partial charge in [-0.25, -0.2) is 13.1 Å². The van der Waals surface area contributed by atoms with Crippen molar-refractivity contribution in [3.63, 3.8) is 0 Å². The Balaban J connectivity index is 2.20. The molecule has 0 saturated heterocycles. The molecule has 2 aromatic rings. The van der Waals surface area contributed by atoms with Crippen LogP contribution in [0.1, 0.15) is 12.6 Å². The number of benzene rings is 1. The average Bonchev–Trinajstić information content (AvgIpc) is 2.47. The number of nitrogens with zero attached hydrogens (tertiary/aromatic N) is 1. The standard InChI is InChI=1S/C14H18N4O2S/c1-2-18-21(19,20)12-6-7-13(15)14(9-12)17-10-11-5-3-4-8-16-11/h3-9,17-18H,2,10,15H2,1H3. The van der Waals surface area contributed by atoms with Crippen LogP contribution in [0.5, 0.6) is 0 Å². The number of nitrogens with two attached hydrogens (primary N) is 1. The number of aromatic nitrogens is 1. The van der Waals surface area contributed by atoms with Crippen molar-refractivity contribution < 1.29 is 8.42 Å². The molecule has 0 saturated carbocycles. The SMILES string of the molecule is CCNS(=O)(=O)c1ccc(N)c(NCc2ccccn2)c1. The van der Waals surface area contributed by atoms with Crippen molar-refractivity contribution in [2.45, 2.75) is 18.4 Å². The predicted molar refractivity (Wildman–Crippen MR) is 83.3 cm³/mol. The van der Waals surface area contributed by atoms with Crippen molar-refractivity contribution in [2.24, 2.45) is 0 Å². The van der Waals surface area contributed by atoms with E-state index in [0.717, 1.165) is 5.69 Å². The molecule has 0 unspecified atom stereocenters. The first-order valence-electron chi connectivity index (χ1n) is 6.56. The molecule has 4 N–H and O–H groups in total. The highest BCUT2D eigenvalue weighted by Gasteiger charge is 2.14. The Hall–Kier alpha value is -2.12. The molecule has 1 aromatic heterocycles. The Kier molecular flexibility index (Phi) is 4.77. The van der Waals surface area contributed by atoms with Gasteiger partial charge in [-0.3, -0.25) is 4.98 Å². The molecule has 0 fully saturated rings. The van der Waals surface area contributed by atoms with E-state index in [0.29, 0.717) is 24.5 Å². The number of hydrogen-bond donors (Lipinski definition) is 3. The quantitative estimate of drug-likeness (QED) is 0.704. The van der Waals surface area contributed by atoms with Crippen LogP contribution in [-0.2, 0) is 16.6 Å². The summed E-state index contributed by atoms with van der Waals surface area (Å²) < 4.78 is 26.4. The number of rotatable bonds is 6. The third kappa shape index (κ3) is 3.93. The fourth-order valence-electron chi connectivity index (χ4n) is 1.82. The number of pyridine rings is 1. The molecule has 0 atom stereocenters. The van der Waals surface area contributed by atoms with Crippen molar-refractivity contribution in [1.29, 1.82) is 0 Å². The smallest absolute Gasteiger partial charge is 0.240 e. The number of anilines is 2. The van der Waals surface area contributed by atoms with E-state index in [-0.39, 0.29) is 4.90 Å². The van der Waals surface area contributed by atoms with E-state index < -0.39 is 10.0 Å². The molecule has 1 aromatic carbocycles. The molecule has 21 heavy (non-hydrogen) atoms. The Morgan fingerprint density at radius 3 is 2.71 bits per heavy atom. The van der Waals surface area contributed by atoms with Crippen LogP contribution in [0.15, 0.2) is 47.5 Å². The molecule has 0 aliphatic heterocycles. The molecule has 1 heterocycles. The second-order valence-electron chi connectivity index (χ2n) is 4.43. The minimum absolute atomic E-state index is 0.182. The van der Waals surface area contributed by atoms with Crippen LogP contribution in [0, 0.1) is 0 Å². The van der Waals surface area contributed by atoms with Gasteiger partial charge >= 0.3 is 0 Å². The average molecular weight is 306 g/mol. The number of nitrogens with one attached hydrogen (secondary N) is 2. The zero-order valence-corrected chi connectivity index (χ0v) is 12.5. The molecule has 0 aliphatic carbocycles. The fraction of sp³-hybridized carbons (Fsp3) is 0.214. The van der Waals surface area contributed by atoms with Crippen molar-refractivity contribution in [2.75, 3.05) is 17.6 Å². The van der Waals surface area contributed by atoms with Gasteiger partial charge < -0.3 is 11.1 Å². The Morgan fingerprint density at radius 1 is 1.24 bits per heavy atom. The molecular weight excluding hydrogens is 288 g/mol. The van der Waals surface area contributed by atoms with Gasteiger partial charge in [0.1, 0.15) is 0 Å². The zero-order valence-electron chi connectivity index (χ0n) is 11.7. The highest BCUT2D eigenvalue weighted by molar-refractivity contribution is 7.89. The van der Waals surface area contributed by atoms with Crippen LogP contribution in [0.2, 0.25) is 0 Å². The van der Waals surface area contributed by atoms with Gasteiger partial charge in [0, 0.05) is 12.7 Å². The van der Waals surface area contributed by atoms with E-state index in [9.17, 15) is 8.42 Å². The number of nitrogen functional groups attached to an aromatic ring is 1. The molecule has 112 valence electrons. The molecule has 0 spiro atoms. The number of hydrogen-bond acceptors (Lipinski definition) is 5. The van der Waals surface area contributed by atoms with Crippen LogP contribution in [-0.4, -0.2) is 19.9 Å². The maximum atomic E-state index is 12.0. The summed E-state index contributed by atoms with van der Waals surface area (Å²) >= 11 is 0. The third-order valence-electron chi connectivity index (χ3n) is 2.86. The summed E-state index contributed by atoms with van der Waals surface area (Å²) in [5.41, 5.74) is 7.77. The van der Waals surface area contributed by atoms with Crippen molar-refractivity contribution in [3.05, 3.63) is 48.3 Å². The Labute approximate surface area is 124 Å². The summed E-state index contributed by atoms with van der Waals surface area (Å²) in [5, 5.41) is 3.10. The lowest BCUT2D eigenvalue weighted by atomic mass is 10.2. The van der Waals surface area contributed by atoms with E-state index in [1.807, 2.05) is 18.2 Å². The van der Waals surface area contributed by atoms with E-state index in [1.165, 1.54) is 12.1 Å². The summed E-state index contributed by atoms with van der Waals surface area (Å²) in [4.78, 5) is 4.37. The van der Waals surface area contributed by atoms with Gasteiger partial charge in [0.15, 0.2) is 0 Å². The van der Waals surface area contributed by atoms with E-state index in [2.05, 4.69) is 15.0 Å². The van der Waals surface area contributed by atoms with Crippen LogP contribution in [0.25, 0.3) is 0 Å². The maximum absolute atomic E-state index is 12.0. The summed E-state index contributed by atoms with van der Waals surface area (Å²) in [5.74, 6) is 0. The van der Waals surface area contributed by atoms with E-state index in [1.54, 1.807) is 19.2 Å². The van der Waals surface area contributed by atoms with Crippen LogP contribution < -0.4 is 15.8 Å². The largest absolute Gasteiger partial charge is 0.397 e. The normalized spacial score (nSPS) is 11.3. The first-order chi connectivity index (χ1) is 10.0. The minimum atomic E-state index is -3.49. The maximum Gasteiger partial charge on any atom is 0.240 e. The van der Waals surface area contributed by atoms with Gasteiger partial charge in [-0.15, -0.1) is 0 Å². The van der Waals surface area contributed by atoms with Crippen molar-refractivity contribution in [1.82, 2.24) is 9.71 Å². The third-order valence-corrected chi connectivity index (χ3v) is 4.40. The molecule has 0 amide bonds. The molecule has 0 aliphatic rings. The topological polar surface area (TPSA) is 97.1 Å². The lowest BCUT2D eigenvalue weighted by Gasteiger charge is -2.11.